The molecule has 2 rings (SSSR count). The first-order chi connectivity index (χ1) is 9.33. The van der Waals surface area contributed by atoms with E-state index in [0.717, 1.165) is 0 Å². The number of aromatic nitrogens is 2. The number of halogens is 3. The monoisotopic (exact) mass is 301 g/mol. The first kappa shape index (κ1) is 14.4. The minimum absolute atomic E-state index is 0.0342. The van der Waals surface area contributed by atoms with Crippen LogP contribution < -0.4 is 5.32 Å². The van der Waals surface area contributed by atoms with Gasteiger partial charge in [-0.05, 0) is 36.0 Å². The Morgan fingerprint density at radius 3 is 2.40 bits per heavy atom. The molecule has 1 heterocycles. The lowest BCUT2D eigenvalue weighted by atomic mass is 10.2. The van der Waals surface area contributed by atoms with Crippen molar-refractivity contribution in [1.82, 2.24) is 9.78 Å². The lowest BCUT2D eigenvalue weighted by Crippen LogP contribution is -2.12. The molecule has 0 saturated heterocycles. The second kappa shape index (κ2) is 5.58. The standard InChI is InChI=1S/C12H10F3N3OS/c1-18-7-6-10(17-18)16-11(19)8-2-4-9(5-3-8)20-12(13,14)15/h2-7H,1H3,(H,16,17,19). The normalized spacial score (nSPS) is 11.4. The summed E-state index contributed by atoms with van der Waals surface area (Å²) in [6.45, 7) is 0. The van der Waals surface area contributed by atoms with E-state index in [4.69, 9.17) is 0 Å². The molecule has 0 saturated carbocycles. The topological polar surface area (TPSA) is 46.9 Å². The molecule has 1 aromatic heterocycles. The van der Waals surface area contributed by atoms with Gasteiger partial charge in [0.25, 0.3) is 5.91 Å². The van der Waals surface area contributed by atoms with E-state index in [-0.39, 0.29) is 22.2 Å². The summed E-state index contributed by atoms with van der Waals surface area (Å²) >= 11 is -0.219. The Bertz CT molecular complexity index is 607. The predicted molar refractivity (Wildman–Crippen MR) is 69.5 cm³/mol. The van der Waals surface area contributed by atoms with Crippen molar-refractivity contribution in [2.45, 2.75) is 10.4 Å². The van der Waals surface area contributed by atoms with E-state index in [9.17, 15) is 18.0 Å². The van der Waals surface area contributed by atoms with Gasteiger partial charge in [-0.2, -0.15) is 18.3 Å². The number of benzene rings is 1. The highest BCUT2D eigenvalue weighted by atomic mass is 32.2. The smallest absolute Gasteiger partial charge is 0.305 e. The molecule has 4 nitrogen and oxygen atoms in total. The van der Waals surface area contributed by atoms with Crippen LogP contribution in [0.1, 0.15) is 10.4 Å². The number of hydrogen-bond acceptors (Lipinski definition) is 3. The van der Waals surface area contributed by atoms with Crippen molar-refractivity contribution in [3.05, 3.63) is 42.1 Å². The minimum Gasteiger partial charge on any atom is -0.305 e. The van der Waals surface area contributed by atoms with Crippen LogP contribution in [0.4, 0.5) is 19.0 Å². The fraction of sp³-hybridized carbons (Fsp3) is 0.167. The summed E-state index contributed by atoms with van der Waals surface area (Å²) in [5, 5.41) is 6.52. The Balaban J connectivity index is 2.04. The highest BCUT2D eigenvalue weighted by Crippen LogP contribution is 2.36. The van der Waals surface area contributed by atoms with Gasteiger partial charge in [-0.3, -0.25) is 9.48 Å². The fourth-order valence-electron chi connectivity index (χ4n) is 1.48. The maximum absolute atomic E-state index is 12.2. The molecule has 1 amide bonds. The summed E-state index contributed by atoms with van der Waals surface area (Å²) in [5.74, 6) is -0.0431. The summed E-state index contributed by atoms with van der Waals surface area (Å²) in [6, 6.07) is 6.81. The highest BCUT2D eigenvalue weighted by Gasteiger charge is 2.29. The van der Waals surface area contributed by atoms with Crippen LogP contribution in [0.15, 0.2) is 41.4 Å². The summed E-state index contributed by atoms with van der Waals surface area (Å²) in [6.07, 6.45) is 1.67. The number of carbonyl (C=O) groups excluding carboxylic acids is 1. The van der Waals surface area contributed by atoms with Gasteiger partial charge in [0.05, 0.1) is 0 Å². The zero-order chi connectivity index (χ0) is 14.8. The molecule has 0 radical (unpaired) electrons. The molecule has 0 aliphatic heterocycles. The fourth-order valence-corrected chi connectivity index (χ4v) is 2.02. The van der Waals surface area contributed by atoms with Gasteiger partial charge in [-0.25, -0.2) is 0 Å². The third kappa shape index (κ3) is 4.02. The second-order valence-electron chi connectivity index (χ2n) is 3.90. The average molecular weight is 301 g/mol. The van der Waals surface area contributed by atoms with E-state index in [1.54, 1.807) is 19.3 Å². The number of aryl methyl sites for hydroxylation is 1. The molecular formula is C12H10F3N3OS. The zero-order valence-corrected chi connectivity index (χ0v) is 11.1. The first-order valence-electron chi connectivity index (χ1n) is 5.50. The Morgan fingerprint density at radius 1 is 1.25 bits per heavy atom. The number of rotatable bonds is 3. The van der Waals surface area contributed by atoms with Crippen molar-refractivity contribution >= 4 is 23.5 Å². The lowest BCUT2D eigenvalue weighted by molar-refractivity contribution is -0.0328. The van der Waals surface area contributed by atoms with Gasteiger partial charge in [0.15, 0.2) is 5.82 Å². The Labute approximate surface area is 117 Å². The molecule has 20 heavy (non-hydrogen) atoms. The van der Waals surface area contributed by atoms with Crippen molar-refractivity contribution in [3.8, 4) is 0 Å². The third-order valence-corrected chi connectivity index (χ3v) is 3.04. The Hall–Kier alpha value is -1.96. The van der Waals surface area contributed by atoms with Crippen LogP contribution in [0.2, 0.25) is 0 Å². The van der Waals surface area contributed by atoms with E-state index in [1.807, 2.05) is 0 Å². The number of hydrogen-bond donors (Lipinski definition) is 1. The first-order valence-corrected chi connectivity index (χ1v) is 6.32. The van der Waals surface area contributed by atoms with E-state index in [2.05, 4.69) is 10.4 Å². The van der Waals surface area contributed by atoms with Gasteiger partial charge in [-0.1, -0.05) is 0 Å². The number of carbonyl (C=O) groups is 1. The Morgan fingerprint density at radius 2 is 1.90 bits per heavy atom. The molecule has 1 N–H and O–H groups in total. The van der Waals surface area contributed by atoms with E-state index < -0.39 is 11.4 Å². The molecule has 106 valence electrons. The number of thioether (sulfide) groups is 1. The molecule has 0 aliphatic rings. The quantitative estimate of drug-likeness (QED) is 0.885. The van der Waals surface area contributed by atoms with Gasteiger partial charge < -0.3 is 5.32 Å². The van der Waals surface area contributed by atoms with E-state index in [0.29, 0.717) is 5.82 Å². The summed E-state index contributed by atoms with van der Waals surface area (Å²) < 4.78 is 38.0. The SMILES string of the molecule is Cn1ccc(NC(=O)c2ccc(SC(F)(F)F)cc2)n1. The third-order valence-electron chi connectivity index (χ3n) is 2.31. The van der Waals surface area contributed by atoms with Crippen molar-refractivity contribution < 1.29 is 18.0 Å². The molecule has 0 unspecified atom stereocenters. The van der Waals surface area contributed by atoms with Crippen molar-refractivity contribution in [3.63, 3.8) is 0 Å². The lowest BCUT2D eigenvalue weighted by Gasteiger charge is -2.06. The van der Waals surface area contributed by atoms with Gasteiger partial charge in [0.1, 0.15) is 0 Å². The molecule has 0 spiro atoms. The van der Waals surface area contributed by atoms with Crippen LogP contribution in [0, 0.1) is 0 Å². The van der Waals surface area contributed by atoms with Gasteiger partial charge in [-0.15, -0.1) is 0 Å². The van der Waals surface area contributed by atoms with Crippen molar-refractivity contribution in [1.29, 1.82) is 0 Å². The van der Waals surface area contributed by atoms with Gasteiger partial charge >= 0.3 is 5.51 Å². The minimum atomic E-state index is -4.34. The van der Waals surface area contributed by atoms with Gasteiger partial charge in [0.2, 0.25) is 0 Å². The van der Waals surface area contributed by atoms with E-state index in [1.165, 1.54) is 28.9 Å². The van der Waals surface area contributed by atoms with Crippen LogP contribution in [0.25, 0.3) is 0 Å². The molecule has 0 atom stereocenters. The maximum atomic E-state index is 12.2. The maximum Gasteiger partial charge on any atom is 0.446 e. The number of nitrogens with zero attached hydrogens (tertiary/aromatic N) is 2. The number of amides is 1. The molecule has 0 bridgehead atoms. The Kier molecular flexibility index (Phi) is 4.03. The second-order valence-corrected chi connectivity index (χ2v) is 5.04. The molecule has 0 aliphatic carbocycles. The van der Waals surface area contributed by atoms with Crippen LogP contribution in [0.5, 0.6) is 0 Å². The molecular weight excluding hydrogens is 291 g/mol. The number of anilines is 1. The van der Waals surface area contributed by atoms with Crippen molar-refractivity contribution in [2.24, 2.45) is 7.05 Å². The predicted octanol–water partition coefficient (Wildman–Crippen LogP) is 3.28. The average Bonchev–Trinajstić information content (AvgIpc) is 2.73. The number of nitrogens with one attached hydrogen (secondary N) is 1. The molecule has 0 fully saturated rings. The molecule has 2 aromatic rings. The summed E-state index contributed by atoms with van der Waals surface area (Å²) in [7, 11) is 1.71. The van der Waals surface area contributed by atoms with Crippen molar-refractivity contribution in [2.75, 3.05) is 5.32 Å². The van der Waals surface area contributed by atoms with Crippen LogP contribution in [-0.4, -0.2) is 21.2 Å². The van der Waals surface area contributed by atoms with Gasteiger partial charge in [0, 0.05) is 29.8 Å². The molecule has 8 heteroatoms. The molecule has 1 aromatic carbocycles. The highest BCUT2D eigenvalue weighted by molar-refractivity contribution is 8.00. The van der Waals surface area contributed by atoms with E-state index >= 15 is 0 Å². The van der Waals surface area contributed by atoms with Crippen LogP contribution in [0.3, 0.4) is 0 Å². The number of alkyl halides is 3. The summed E-state index contributed by atoms with van der Waals surface area (Å²) in [5.41, 5.74) is -4.07. The van der Waals surface area contributed by atoms with Crippen LogP contribution >= 0.6 is 11.8 Å². The summed E-state index contributed by atoms with van der Waals surface area (Å²) in [4.78, 5) is 11.9. The van der Waals surface area contributed by atoms with Crippen LogP contribution in [-0.2, 0) is 7.05 Å². The largest absolute Gasteiger partial charge is 0.446 e. The zero-order valence-electron chi connectivity index (χ0n) is 10.3.